The molecule has 3 aliphatic rings. The van der Waals surface area contributed by atoms with E-state index in [-0.39, 0.29) is 5.41 Å². The summed E-state index contributed by atoms with van der Waals surface area (Å²) in [5.41, 5.74) is 5.51. The molecule has 0 aliphatic heterocycles. The van der Waals surface area contributed by atoms with Crippen LogP contribution in [0.1, 0.15) is 49.3 Å². The van der Waals surface area contributed by atoms with Gasteiger partial charge in [0.05, 0.1) is 5.41 Å². The van der Waals surface area contributed by atoms with E-state index >= 15 is 0 Å². The molecular formula is C22H22O. The first-order valence-electron chi connectivity index (χ1n) is 8.98. The molecule has 1 fully saturated rings. The number of rotatable bonds is 1. The first-order chi connectivity index (χ1) is 11.2. The number of carbonyl (C=O) groups is 1. The number of hydrogen-bond donors (Lipinski definition) is 0. The summed E-state index contributed by atoms with van der Waals surface area (Å²) >= 11 is 0. The fourth-order valence-corrected chi connectivity index (χ4v) is 5.31. The molecule has 0 aromatic heterocycles. The lowest BCUT2D eigenvalue weighted by atomic mass is 9.61. The maximum atomic E-state index is 13.0. The van der Waals surface area contributed by atoms with E-state index in [2.05, 4.69) is 43.3 Å². The molecule has 0 N–H and O–H groups in total. The van der Waals surface area contributed by atoms with Crippen molar-refractivity contribution in [3.63, 3.8) is 0 Å². The lowest BCUT2D eigenvalue weighted by molar-refractivity contribution is -0.126. The third-order valence-corrected chi connectivity index (χ3v) is 6.54. The molecule has 1 heteroatoms. The van der Waals surface area contributed by atoms with Gasteiger partial charge in [-0.25, -0.2) is 0 Å². The summed E-state index contributed by atoms with van der Waals surface area (Å²) in [5, 5.41) is 2.64. The van der Waals surface area contributed by atoms with Gasteiger partial charge in [-0.15, -0.1) is 0 Å². The summed E-state index contributed by atoms with van der Waals surface area (Å²) in [5.74, 6) is 1.03. The van der Waals surface area contributed by atoms with Crippen molar-refractivity contribution in [3.8, 4) is 0 Å². The van der Waals surface area contributed by atoms with E-state index < -0.39 is 0 Å². The van der Waals surface area contributed by atoms with Gasteiger partial charge in [-0.05, 0) is 71.6 Å². The van der Waals surface area contributed by atoms with E-state index in [1.807, 2.05) is 0 Å². The van der Waals surface area contributed by atoms with E-state index in [4.69, 9.17) is 0 Å². The first-order valence-corrected chi connectivity index (χ1v) is 8.98. The Hall–Kier alpha value is -1.89. The topological polar surface area (TPSA) is 17.1 Å². The predicted molar refractivity (Wildman–Crippen MR) is 93.8 cm³/mol. The summed E-state index contributed by atoms with van der Waals surface area (Å²) in [6.45, 7) is 2.20. The highest BCUT2D eigenvalue weighted by molar-refractivity contribution is 5.96. The van der Waals surface area contributed by atoms with E-state index in [0.29, 0.717) is 11.7 Å². The molecule has 5 rings (SSSR count). The molecule has 1 nitrogen and oxygen atoms in total. The van der Waals surface area contributed by atoms with Gasteiger partial charge in [0.2, 0.25) is 0 Å². The zero-order valence-electron chi connectivity index (χ0n) is 13.7. The Labute approximate surface area is 137 Å². The minimum atomic E-state index is -0.186. The van der Waals surface area contributed by atoms with Crippen molar-refractivity contribution in [1.82, 2.24) is 0 Å². The average Bonchev–Trinajstić information content (AvgIpc) is 3.19. The van der Waals surface area contributed by atoms with Crippen LogP contribution in [0.5, 0.6) is 0 Å². The van der Waals surface area contributed by atoms with Crippen molar-refractivity contribution in [1.29, 1.82) is 0 Å². The number of Topliss-reactive ketones (excluding diaryl/α,β-unsaturated/α-hetero) is 1. The molecule has 2 unspecified atom stereocenters. The van der Waals surface area contributed by atoms with Crippen LogP contribution in [0.3, 0.4) is 0 Å². The van der Waals surface area contributed by atoms with Crippen LogP contribution in [0.2, 0.25) is 0 Å². The minimum absolute atomic E-state index is 0.186. The van der Waals surface area contributed by atoms with Gasteiger partial charge in [0.25, 0.3) is 0 Å². The summed E-state index contributed by atoms with van der Waals surface area (Å²) in [7, 11) is 0. The largest absolute Gasteiger partial charge is 0.299 e. The third kappa shape index (κ3) is 1.71. The second-order valence-corrected chi connectivity index (χ2v) is 7.61. The quantitative estimate of drug-likeness (QED) is 0.685. The molecule has 1 spiro atoms. The van der Waals surface area contributed by atoms with Crippen molar-refractivity contribution < 1.29 is 4.79 Å². The van der Waals surface area contributed by atoms with E-state index in [1.165, 1.54) is 33.0 Å². The molecule has 2 atom stereocenters. The summed E-state index contributed by atoms with van der Waals surface area (Å²) in [6, 6.07) is 11.5. The molecule has 0 saturated heterocycles. The number of fused-ring (bicyclic) bond motifs is 6. The number of ketones is 1. The van der Waals surface area contributed by atoms with Crippen LogP contribution in [0.4, 0.5) is 0 Å². The lowest BCUT2D eigenvalue weighted by Gasteiger charge is -2.40. The van der Waals surface area contributed by atoms with Gasteiger partial charge < -0.3 is 0 Å². The highest BCUT2D eigenvalue weighted by Crippen LogP contribution is 2.57. The monoisotopic (exact) mass is 302 g/mol. The number of hydrogen-bond acceptors (Lipinski definition) is 1. The van der Waals surface area contributed by atoms with Crippen LogP contribution in [0, 0.1) is 5.92 Å². The number of aryl methyl sites for hydroxylation is 2. The molecule has 0 radical (unpaired) electrons. The van der Waals surface area contributed by atoms with E-state index in [9.17, 15) is 4.79 Å². The molecule has 2 bridgehead atoms. The van der Waals surface area contributed by atoms with Crippen molar-refractivity contribution in [2.24, 2.45) is 5.92 Å². The number of allylic oxidation sites excluding steroid dienone is 2. The molecule has 2 aromatic rings. The number of carbonyl (C=O) groups excluding carboxylic acids is 1. The highest BCUT2D eigenvalue weighted by atomic mass is 16.1. The van der Waals surface area contributed by atoms with Gasteiger partial charge in [-0.2, -0.15) is 0 Å². The molecular weight excluding hydrogens is 280 g/mol. The SMILES string of the molecule is CCc1ccc2cc3c(cc2c1)C1(CC2=CCC1C2)C(=O)CC3. The van der Waals surface area contributed by atoms with Crippen LogP contribution in [0.25, 0.3) is 10.8 Å². The Kier molecular flexibility index (Phi) is 2.69. The second-order valence-electron chi connectivity index (χ2n) is 7.61. The third-order valence-electron chi connectivity index (χ3n) is 6.54. The standard InChI is InChI=1S/C22H22O/c1-2-14-3-5-16-11-17-6-8-21(23)22(20(17)12-18(16)9-14)13-15-4-7-19(22)10-15/h3-5,9,11-12,19H,2,6-8,10,13H2,1H3. The molecule has 3 aliphatic carbocycles. The molecule has 23 heavy (non-hydrogen) atoms. The Balaban J connectivity index is 1.77. The normalized spacial score (nSPS) is 28.5. The highest BCUT2D eigenvalue weighted by Gasteiger charge is 2.54. The van der Waals surface area contributed by atoms with E-state index in [1.54, 1.807) is 0 Å². The summed E-state index contributed by atoms with van der Waals surface area (Å²) in [6.07, 6.45) is 8.34. The van der Waals surface area contributed by atoms with Crippen LogP contribution < -0.4 is 0 Å². The Morgan fingerprint density at radius 2 is 2.04 bits per heavy atom. The molecule has 116 valence electrons. The Bertz CT molecular complexity index is 873. The Morgan fingerprint density at radius 1 is 1.13 bits per heavy atom. The van der Waals surface area contributed by atoms with Crippen molar-refractivity contribution >= 4 is 16.6 Å². The van der Waals surface area contributed by atoms with Crippen LogP contribution >= 0.6 is 0 Å². The van der Waals surface area contributed by atoms with Crippen LogP contribution in [0.15, 0.2) is 42.0 Å². The van der Waals surface area contributed by atoms with Crippen molar-refractivity contribution in [2.75, 3.05) is 0 Å². The van der Waals surface area contributed by atoms with Crippen LogP contribution in [-0.4, -0.2) is 5.78 Å². The van der Waals surface area contributed by atoms with Gasteiger partial charge in [0.1, 0.15) is 5.78 Å². The fourth-order valence-electron chi connectivity index (χ4n) is 5.31. The van der Waals surface area contributed by atoms with Gasteiger partial charge >= 0.3 is 0 Å². The van der Waals surface area contributed by atoms with E-state index in [0.717, 1.165) is 38.5 Å². The molecule has 0 heterocycles. The summed E-state index contributed by atoms with van der Waals surface area (Å²) in [4.78, 5) is 13.0. The first kappa shape index (κ1) is 13.5. The van der Waals surface area contributed by atoms with Crippen LogP contribution in [-0.2, 0) is 23.1 Å². The molecule has 1 saturated carbocycles. The second kappa shape index (κ2) is 4.56. The molecule has 2 aromatic carbocycles. The average molecular weight is 302 g/mol. The molecule has 0 amide bonds. The van der Waals surface area contributed by atoms with Gasteiger partial charge in [-0.3, -0.25) is 4.79 Å². The van der Waals surface area contributed by atoms with Gasteiger partial charge in [0, 0.05) is 6.42 Å². The van der Waals surface area contributed by atoms with Crippen molar-refractivity contribution in [3.05, 3.63) is 58.7 Å². The smallest absolute Gasteiger partial charge is 0.144 e. The maximum Gasteiger partial charge on any atom is 0.144 e. The zero-order valence-corrected chi connectivity index (χ0v) is 13.7. The Morgan fingerprint density at radius 3 is 2.78 bits per heavy atom. The lowest BCUT2D eigenvalue weighted by Crippen LogP contribution is -2.43. The van der Waals surface area contributed by atoms with Gasteiger partial charge in [0.15, 0.2) is 0 Å². The zero-order chi connectivity index (χ0) is 15.6. The van der Waals surface area contributed by atoms with Crippen molar-refractivity contribution in [2.45, 2.75) is 50.9 Å². The maximum absolute atomic E-state index is 13.0. The minimum Gasteiger partial charge on any atom is -0.299 e. The predicted octanol–water partition coefficient (Wildman–Crippen LogP) is 4.90. The fraction of sp³-hybridized carbons (Fsp3) is 0.409. The number of benzene rings is 2. The van der Waals surface area contributed by atoms with Gasteiger partial charge in [-0.1, -0.05) is 42.8 Å². The summed E-state index contributed by atoms with van der Waals surface area (Å²) < 4.78 is 0.